The Morgan fingerprint density at radius 3 is 2.57 bits per heavy atom. The first-order valence-corrected chi connectivity index (χ1v) is 10.3. The first-order chi connectivity index (χ1) is 14.6. The van der Waals surface area contributed by atoms with Crippen LogP contribution in [0.15, 0.2) is 62.6 Å². The SMILES string of the molecule is CCCCCn1c(=O)c2ccccc2n(Cc2nc(-c3ccccc3Cl)no2)c1=O. The van der Waals surface area contributed by atoms with Crippen LogP contribution >= 0.6 is 11.6 Å². The molecule has 2 aromatic carbocycles. The van der Waals surface area contributed by atoms with E-state index in [1.54, 1.807) is 36.4 Å². The molecule has 0 aliphatic carbocycles. The fraction of sp³-hybridized carbons (Fsp3) is 0.273. The molecule has 0 spiro atoms. The number of hydrogen-bond donors (Lipinski definition) is 0. The summed E-state index contributed by atoms with van der Waals surface area (Å²) in [6.45, 7) is 2.52. The number of halogens is 1. The molecule has 0 fully saturated rings. The summed E-state index contributed by atoms with van der Waals surface area (Å²) in [6.07, 6.45) is 2.72. The van der Waals surface area contributed by atoms with Gasteiger partial charge in [-0.25, -0.2) is 4.79 Å². The summed E-state index contributed by atoms with van der Waals surface area (Å²) in [5, 5.41) is 5.00. The van der Waals surface area contributed by atoms with Crippen LogP contribution in [0.2, 0.25) is 5.02 Å². The van der Waals surface area contributed by atoms with Crippen LogP contribution in [0.1, 0.15) is 32.1 Å². The van der Waals surface area contributed by atoms with Crippen molar-refractivity contribution in [2.24, 2.45) is 0 Å². The average Bonchev–Trinajstić information content (AvgIpc) is 3.22. The summed E-state index contributed by atoms with van der Waals surface area (Å²) >= 11 is 6.22. The minimum Gasteiger partial charge on any atom is -0.337 e. The summed E-state index contributed by atoms with van der Waals surface area (Å²) < 4.78 is 8.19. The van der Waals surface area contributed by atoms with E-state index in [4.69, 9.17) is 16.1 Å². The summed E-state index contributed by atoms with van der Waals surface area (Å²) in [4.78, 5) is 30.4. The summed E-state index contributed by atoms with van der Waals surface area (Å²) in [6, 6.07) is 14.3. The van der Waals surface area contributed by atoms with Crippen molar-refractivity contribution >= 4 is 22.5 Å². The van der Waals surface area contributed by atoms with Crippen molar-refractivity contribution in [2.75, 3.05) is 0 Å². The second-order valence-corrected chi connectivity index (χ2v) is 7.45. The molecule has 0 atom stereocenters. The predicted molar refractivity (Wildman–Crippen MR) is 116 cm³/mol. The smallest absolute Gasteiger partial charge is 0.331 e. The number of nitrogens with zero attached hydrogens (tertiary/aromatic N) is 4. The Balaban J connectivity index is 1.77. The van der Waals surface area contributed by atoms with E-state index in [0.717, 1.165) is 19.3 Å². The predicted octanol–water partition coefficient (Wildman–Crippen LogP) is 4.11. The Hall–Kier alpha value is -3.19. The van der Waals surface area contributed by atoms with E-state index in [0.29, 0.717) is 33.9 Å². The Morgan fingerprint density at radius 2 is 1.77 bits per heavy atom. The second kappa shape index (κ2) is 8.67. The molecule has 0 amide bonds. The van der Waals surface area contributed by atoms with Gasteiger partial charge in [0.15, 0.2) is 0 Å². The molecule has 0 aliphatic heterocycles. The fourth-order valence-electron chi connectivity index (χ4n) is 3.45. The monoisotopic (exact) mass is 424 g/mol. The number of rotatable bonds is 7. The van der Waals surface area contributed by atoms with Gasteiger partial charge in [-0.2, -0.15) is 4.98 Å². The molecular weight excluding hydrogens is 404 g/mol. The highest BCUT2D eigenvalue weighted by Gasteiger charge is 2.17. The van der Waals surface area contributed by atoms with Gasteiger partial charge in [-0.3, -0.25) is 13.9 Å². The number of benzene rings is 2. The minimum absolute atomic E-state index is 0.0604. The zero-order valence-corrected chi connectivity index (χ0v) is 17.3. The van der Waals surface area contributed by atoms with Crippen LogP contribution < -0.4 is 11.2 Å². The van der Waals surface area contributed by atoms with Gasteiger partial charge in [-0.05, 0) is 30.7 Å². The summed E-state index contributed by atoms with van der Waals surface area (Å²) in [5.41, 5.74) is 0.533. The average molecular weight is 425 g/mol. The van der Waals surface area contributed by atoms with Crippen LogP contribution in [-0.4, -0.2) is 19.3 Å². The zero-order chi connectivity index (χ0) is 21.1. The van der Waals surface area contributed by atoms with Crippen LogP contribution in [0.5, 0.6) is 0 Å². The Kier molecular flexibility index (Phi) is 5.81. The number of unbranched alkanes of at least 4 members (excludes halogenated alkanes) is 2. The van der Waals surface area contributed by atoms with Crippen molar-refractivity contribution in [1.29, 1.82) is 0 Å². The van der Waals surface area contributed by atoms with E-state index in [9.17, 15) is 9.59 Å². The van der Waals surface area contributed by atoms with Crippen molar-refractivity contribution in [2.45, 2.75) is 39.3 Å². The quantitative estimate of drug-likeness (QED) is 0.417. The van der Waals surface area contributed by atoms with E-state index in [1.165, 1.54) is 9.13 Å². The molecule has 0 saturated heterocycles. The Morgan fingerprint density at radius 1 is 1.00 bits per heavy atom. The lowest BCUT2D eigenvalue weighted by molar-refractivity contribution is 0.369. The van der Waals surface area contributed by atoms with Gasteiger partial charge in [0.05, 0.1) is 15.9 Å². The molecule has 0 saturated carbocycles. The summed E-state index contributed by atoms with van der Waals surface area (Å²) in [5.74, 6) is 0.611. The van der Waals surface area contributed by atoms with Gasteiger partial charge < -0.3 is 4.52 Å². The maximum absolute atomic E-state index is 13.1. The van der Waals surface area contributed by atoms with Gasteiger partial charge in [-0.15, -0.1) is 0 Å². The molecule has 154 valence electrons. The third-order valence-electron chi connectivity index (χ3n) is 4.99. The van der Waals surface area contributed by atoms with Gasteiger partial charge in [-0.1, -0.05) is 60.8 Å². The van der Waals surface area contributed by atoms with E-state index >= 15 is 0 Å². The van der Waals surface area contributed by atoms with Gasteiger partial charge >= 0.3 is 5.69 Å². The first-order valence-electron chi connectivity index (χ1n) is 9.90. The topological polar surface area (TPSA) is 82.9 Å². The Bertz CT molecular complexity index is 1310. The lowest BCUT2D eigenvalue weighted by Crippen LogP contribution is -2.40. The molecule has 0 bridgehead atoms. The molecule has 8 heteroatoms. The molecule has 0 unspecified atom stereocenters. The molecule has 0 aliphatic rings. The highest BCUT2D eigenvalue weighted by Crippen LogP contribution is 2.25. The van der Waals surface area contributed by atoms with Crippen molar-refractivity contribution in [3.05, 3.63) is 80.3 Å². The number of aromatic nitrogens is 4. The normalized spacial score (nSPS) is 11.3. The van der Waals surface area contributed by atoms with Crippen LogP contribution in [-0.2, 0) is 13.1 Å². The van der Waals surface area contributed by atoms with Crippen LogP contribution in [0.4, 0.5) is 0 Å². The summed E-state index contributed by atoms with van der Waals surface area (Å²) in [7, 11) is 0. The molecule has 7 nitrogen and oxygen atoms in total. The van der Waals surface area contributed by atoms with Crippen molar-refractivity contribution in [3.8, 4) is 11.4 Å². The van der Waals surface area contributed by atoms with Gasteiger partial charge in [0.2, 0.25) is 11.7 Å². The van der Waals surface area contributed by atoms with Crippen LogP contribution in [0, 0.1) is 0 Å². The standard InChI is InChI=1S/C22H21ClN4O3/c1-2-3-8-13-26-21(28)16-10-5-7-12-18(16)27(22(26)29)14-19-24-20(25-30-19)15-9-4-6-11-17(15)23/h4-7,9-12H,2-3,8,13-14H2,1H3. The molecule has 0 radical (unpaired) electrons. The van der Waals surface area contributed by atoms with Crippen molar-refractivity contribution in [3.63, 3.8) is 0 Å². The third kappa shape index (κ3) is 3.80. The fourth-order valence-corrected chi connectivity index (χ4v) is 3.67. The largest absolute Gasteiger partial charge is 0.337 e. The van der Waals surface area contributed by atoms with E-state index in [-0.39, 0.29) is 23.7 Å². The molecule has 0 N–H and O–H groups in total. The number of fused-ring (bicyclic) bond motifs is 1. The molecule has 4 aromatic rings. The van der Waals surface area contributed by atoms with Crippen LogP contribution in [0.3, 0.4) is 0 Å². The van der Waals surface area contributed by atoms with E-state index in [1.807, 2.05) is 12.1 Å². The van der Waals surface area contributed by atoms with Gasteiger partial charge in [0.1, 0.15) is 6.54 Å². The van der Waals surface area contributed by atoms with E-state index < -0.39 is 0 Å². The lowest BCUT2D eigenvalue weighted by Gasteiger charge is -2.12. The Labute approximate surface area is 177 Å². The first kappa shape index (κ1) is 20.1. The van der Waals surface area contributed by atoms with Gasteiger partial charge in [0.25, 0.3) is 5.56 Å². The zero-order valence-electron chi connectivity index (χ0n) is 16.5. The minimum atomic E-state index is -0.382. The van der Waals surface area contributed by atoms with E-state index in [2.05, 4.69) is 17.1 Å². The molecule has 2 heterocycles. The molecule has 2 aromatic heterocycles. The molecule has 30 heavy (non-hydrogen) atoms. The highest BCUT2D eigenvalue weighted by atomic mass is 35.5. The number of hydrogen-bond acceptors (Lipinski definition) is 5. The number of para-hydroxylation sites is 1. The lowest BCUT2D eigenvalue weighted by atomic mass is 10.2. The maximum atomic E-state index is 13.1. The highest BCUT2D eigenvalue weighted by molar-refractivity contribution is 6.33. The molecule has 4 rings (SSSR count). The third-order valence-corrected chi connectivity index (χ3v) is 5.32. The maximum Gasteiger partial charge on any atom is 0.331 e. The second-order valence-electron chi connectivity index (χ2n) is 7.04. The van der Waals surface area contributed by atoms with Crippen molar-refractivity contribution in [1.82, 2.24) is 19.3 Å². The van der Waals surface area contributed by atoms with Gasteiger partial charge in [0, 0.05) is 12.1 Å². The molecular formula is C22H21ClN4O3. The van der Waals surface area contributed by atoms with Crippen LogP contribution in [0.25, 0.3) is 22.3 Å². The van der Waals surface area contributed by atoms with Crippen molar-refractivity contribution < 1.29 is 4.52 Å².